The molecule has 0 saturated heterocycles. The molecule has 0 aromatic carbocycles. The third kappa shape index (κ3) is 2.59. The van der Waals surface area contributed by atoms with Crippen LogP contribution in [-0.4, -0.2) is 19.7 Å². The van der Waals surface area contributed by atoms with Crippen molar-refractivity contribution in [2.24, 2.45) is 6.98 Å². The zero-order valence-corrected chi connectivity index (χ0v) is 10.4. The van der Waals surface area contributed by atoms with E-state index in [1.165, 1.54) is 18.6 Å². The number of anilines is 1. The fourth-order valence-corrected chi connectivity index (χ4v) is 1.68. The molecule has 0 aliphatic carbocycles. The molecule has 3 aromatic rings. The first-order valence-corrected chi connectivity index (χ1v) is 5.83. The smallest absolute Gasteiger partial charge is 0.145 e. The molecule has 0 bridgehead atoms. The molecule has 0 atom stereocenters. The van der Waals surface area contributed by atoms with Crippen LogP contribution in [0.3, 0.4) is 0 Å². The molecular formula is C14H13N5O. The monoisotopic (exact) mass is 270 g/mol. The summed E-state index contributed by atoms with van der Waals surface area (Å²) in [5.74, 6) is 1.49. The standard InChI is InChI=1S/C14H13N5O/c1-19-9-10(7-18-19)13-6-11(4-5-16-13)20-12-2-3-14(15)17-8-12/h2-9H,1H3,(H2,15,17)/i1D3. The number of rotatable bonds is 3. The Kier molecular flexibility index (Phi) is 2.27. The van der Waals surface area contributed by atoms with E-state index >= 15 is 0 Å². The summed E-state index contributed by atoms with van der Waals surface area (Å²) in [4.78, 5) is 8.16. The van der Waals surface area contributed by atoms with Crippen molar-refractivity contribution < 1.29 is 8.85 Å². The van der Waals surface area contributed by atoms with Crippen LogP contribution in [0.15, 0.2) is 49.1 Å². The minimum absolute atomic E-state index is 0.407. The molecule has 0 saturated carbocycles. The van der Waals surface area contributed by atoms with Crippen molar-refractivity contribution in [1.82, 2.24) is 19.7 Å². The van der Waals surface area contributed by atoms with Crippen molar-refractivity contribution in [3.8, 4) is 22.8 Å². The van der Waals surface area contributed by atoms with Crippen molar-refractivity contribution in [3.05, 3.63) is 49.1 Å². The minimum atomic E-state index is -2.32. The molecule has 0 radical (unpaired) electrons. The number of aromatic nitrogens is 4. The maximum absolute atomic E-state index is 7.33. The van der Waals surface area contributed by atoms with Gasteiger partial charge in [0.25, 0.3) is 0 Å². The van der Waals surface area contributed by atoms with Crippen LogP contribution in [0.4, 0.5) is 5.82 Å². The van der Waals surface area contributed by atoms with Crippen molar-refractivity contribution in [2.75, 3.05) is 5.73 Å². The molecule has 6 heteroatoms. The van der Waals surface area contributed by atoms with Gasteiger partial charge >= 0.3 is 0 Å². The van der Waals surface area contributed by atoms with Gasteiger partial charge in [-0.3, -0.25) is 9.67 Å². The molecule has 0 aliphatic heterocycles. The van der Waals surface area contributed by atoms with E-state index in [2.05, 4.69) is 15.1 Å². The van der Waals surface area contributed by atoms with Crippen LogP contribution in [0, 0.1) is 0 Å². The summed E-state index contributed by atoms with van der Waals surface area (Å²) >= 11 is 0. The molecule has 100 valence electrons. The number of hydrogen-bond donors (Lipinski definition) is 1. The van der Waals surface area contributed by atoms with Gasteiger partial charge in [0, 0.05) is 35.1 Å². The molecule has 0 amide bonds. The lowest BCUT2D eigenvalue weighted by Crippen LogP contribution is -1.91. The molecule has 0 spiro atoms. The number of aryl methyl sites for hydroxylation is 1. The van der Waals surface area contributed by atoms with Gasteiger partial charge < -0.3 is 10.5 Å². The summed E-state index contributed by atoms with van der Waals surface area (Å²) in [6, 6.07) is 6.72. The second kappa shape index (κ2) is 5.00. The molecule has 3 heterocycles. The first-order chi connectivity index (χ1) is 10.9. The average Bonchev–Trinajstić information content (AvgIpc) is 3.00. The van der Waals surface area contributed by atoms with Crippen LogP contribution < -0.4 is 10.5 Å². The highest BCUT2D eigenvalue weighted by Crippen LogP contribution is 2.25. The van der Waals surface area contributed by atoms with Crippen LogP contribution in [0.25, 0.3) is 11.3 Å². The highest BCUT2D eigenvalue weighted by Gasteiger charge is 2.04. The zero-order chi connectivity index (χ0) is 16.4. The Balaban J connectivity index is 1.85. The molecule has 0 fully saturated rings. The van der Waals surface area contributed by atoms with Crippen LogP contribution in [0.1, 0.15) is 4.11 Å². The summed E-state index contributed by atoms with van der Waals surface area (Å²) in [5.41, 5.74) is 6.67. The van der Waals surface area contributed by atoms with Gasteiger partial charge in [-0.15, -0.1) is 0 Å². The number of nitrogens with two attached hydrogens (primary N) is 1. The van der Waals surface area contributed by atoms with Crippen molar-refractivity contribution in [3.63, 3.8) is 0 Å². The first-order valence-electron chi connectivity index (χ1n) is 7.33. The van der Waals surface area contributed by atoms with Gasteiger partial charge in [-0.2, -0.15) is 5.10 Å². The van der Waals surface area contributed by atoms with Gasteiger partial charge in [0.15, 0.2) is 0 Å². The Morgan fingerprint density at radius 1 is 1.20 bits per heavy atom. The second-order valence-electron chi connectivity index (χ2n) is 4.07. The molecule has 3 rings (SSSR count). The van der Waals surface area contributed by atoms with E-state index < -0.39 is 6.98 Å². The molecule has 20 heavy (non-hydrogen) atoms. The minimum Gasteiger partial charge on any atom is -0.456 e. The number of nitrogens with zero attached hydrogens (tertiary/aromatic N) is 4. The average molecular weight is 270 g/mol. The van der Waals surface area contributed by atoms with E-state index in [1.54, 1.807) is 30.5 Å². The third-order valence-electron chi connectivity index (χ3n) is 2.60. The SMILES string of the molecule is [2H]C([2H])([2H])n1cc(-c2cc(Oc3ccc(N)nc3)ccn2)cn1. The highest BCUT2D eigenvalue weighted by atomic mass is 16.5. The topological polar surface area (TPSA) is 78.9 Å². The van der Waals surface area contributed by atoms with E-state index in [0.29, 0.717) is 28.6 Å². The van der Waals surface area contributed by atoms with Gasteiger partial charge in [0.05, 0.1) is 18.1 Å². The number of hydrogen-bond acceptors (Lipinski definition) is 5. The van der Waals surface area contributed by atoms with E-state index in [-0.39, 0.29) is 0 Å². The lowest BCUT2D eigenvalue weighted by Gasteiger charge is -2.06. The summed E-state index contributed by atoms with van der Waals surface area (Å²) in [6.45, 7) is -2.32. The lowest BCUT2D eigenvalue weighted by molar-refractivity contribution is 0.480. The fourth-order valence-electron chi connectivity index (χ4n) is 1.68. The molecule has 2 N–H and O–H groups in total. The molecular weight excluding hydrogens is 254 g/mol. The molecule has 0 aliphatic rings. The van der Waals surface area contributed by atoms with Crippen molar-refractivity contribution >= 4 is 5.82 Å². The van der Waals surface area contributed by atoms with Crippen LogP contribution in [0.2, 0.25) is 0 Å². The van der Waals surface area contributed by atoms with E-state index in [4.69, 9.17) is 14.6 Å². The first kappa shape index (κ1) is 9.08. The van der Waals surface area contributed by atoms with Crippen LogP contribution in [0.5, 0.6) is 11.5 Å². The third-order valence-corrected chi connectivity index (χ3v) is 2.60. The number of ether oxygens (including phenoxy) is 1. The Morgan fingerprint density at radius 3 is 2.90 bits per heavy atom. The molecule has 0 unspecified atom stereocenters. The second-order valence-corrected chi connectivity index (χ2v) is 4.07. The number of pyridine rings is 2. The van der Waals surface area contributed by atoms with E-state index in [0.717, 1.165) is 4.68 Å². The molecule has 3 aromatic heterocycles. The van der Waals surface area contributed by atoms with Gasteiger partial charge in [0.1, 0.15) is 17.3 Å². The zero-order valence-electron chi connectivity index (χ0n) is 13.4. The van der Waals surface area contributed by atoms with Crippen LogP contribution in [-0.2, 0) is 6.98 Å². The highest BCUT2D eigenvalue weighted by molar-refractivity contribution is 5.58. The summed E-state index contributed by atoms with van der Waals surface area (Å²) in [7, 11) is 0. The lowest BCUT2D eigenvalue weighted by atomic mass is 10.2. The molecule has 6 nitrogen and oxygen atoms in total. The summed E-state index contributed by atoms with van der Waals surface area (Å²) in [6.07, 6.45) is 5.96. The predicted molar refractivity (Wildman–Crippen MR) is 75.2 cm³/mol. The Hall–Kier alpha value is -2.89. The summed E-state index contributed by atoms with van der Waals surface area (Å²) < 4.78 is 28.6. The van der Waals surface area contributed by atoms with Gasteiger partial charge in [-0.1, -0.05) is 0 Å². The maximum atomic E-state index is 7.33. The van der Waals surface area contributed by atoms with Crippen LogP contribution >= 0.6 is 0 Å². The Labute approximate surface area is 120 Å². The predicted octanol–water partition coefficient (Wildman–Crippen LogP) is 2.25. The normalized spacial score (nSPS) is 13.3. The van der Waals surface area contributed by atoms with E-state index in [1.807, 2.05) is 0 Å². The van der Waals surface area contributed by atoms with Crippen molar-refractivity contribution in [1.29, 1.82) is 0 Å². The van der Waals surface area contributed by atoms with Gasteiger partial charge in [0.2, 0.25) is 0 Å². The van der Waals surface area contributed by atoms with Gasteiger partial charge in [-0.25, -0.2) is 4.98 Å². The quantitative estimate of drug-likeness (QED) is 0.789. The largest absolute Gasteiger partial charge is 0.456 e. The van der Waals surface area contributed by atoms with Gasteiger partial charge in [-0.05, 0) is 18.2 Å². The van der Waals surface area contributed by atoms with Crippen molar-refractivity contribution in [2.45, 2.75) is 0 Å². The maximum Gasteiger partial charge on any atom is 0.145 e. The summed E-state index contributed by atoms with van der Waals surface area (Å²) in [5, 5.41) is 3.84. The Morgan fingerprint density at radius 2 is 2.15 bits per heavy atom. The Bertz CT molecular complexity index is 814. The van der Waals surface area contributed by atoms with E-state index in [9.17, 15) is 0 Å². The number of nitrogen functional groups attached to an aromatic ring is 1. The fraction of sp³-hybridized carbons (Fsp3) is 0.0714.